The smallest absolute Gasteiger partial charge is 0.199 e. The van der Waals surface area contributed by atoms with Crippen LogP contribution in [0.1, 0.15) is 13.3 Å². The third-order valence-corrected chi connectivity index (χ3v) is 2.37. The Bertz CT molecular complexity index is 198. The van der Waals surface area contributed by atoms with Crippen LogP contribution in [0, 0.1) is 5.92 Å². The zero-order valence-electron chi connectivity index (χ0n) is 8.35. The Balaban J connectivity index is 1.86. The van der Waals surface area contributed by atoms with E-state index in [9.17, 15) is 0 Å². The Morgan fingerprint density at radius 3 is 2.86 bits per heavy atom. The molecular formula is C10H16O4. The highest BCUT2D eigenvalue weighted by molar-refractivity contribution is 4.91. The summed E-state index contributed by atoms with van der Waals surface area (Å²) in [6, 6.07) is 0. The van der Waals surface area contributed by atoms with Gasteiger partial charge in [0, 0.05) is 18.9 Å². The Labute approximate surface area is 83.8 Å². The van der Waals surface area contributed by atoms with Crippen molar-refractivity contribution in [1.82, 2.24) is 0 Å². The van der Waals surface area contributed by atoms with Gasteiger partial charge in [0.2, 0.25) is 0 Å². The van der Waals surface area contributed by atoms with E-state index in [0.717, 1.165) is 6.42 Å². The summed E-state index contributed by atoms with van der Waals surface area (Å²) in [5, 5.41) is 0. The average Bonchev–Trinajstić information content (AvgIpc) is 2.71. The summed E-state index contributed by atoms with van der Waals surface area (Å²) >= 11 is 0. The summed E-state index contributed by atoms with van der Waals surface area (Å²) in [5.41, 5.74) is 0. The van der Waals surface area contributed by atoms with E-state index in [1.54, 1.807) is 6.26 Å². The zero-order chi connectivity index (χ0) is 9.80. The molecule has 0 bridgehead atoms. The molecule has 0 aromatic carbocycles. The first-order valence-corrected chi connectivity index (χ1v) is 5.07. The maximum atomic E-state index is 5.43. The highest BCUT2D eigenvalue weighted by Gasteiger charge is 2.30. The highest BCUT2D eigenvalue weighted by atomic mass is 16.7. The fourth-order valence-electron chi connectivity index (χ4n) is 1.71. The lowest BCUT2D eigenvalue weighted by molar-refractivity contribution is -0.149. The molecule has 0 aliphatic carbocycles. The van der Waals surface area contributed by atoms with Crippen LogP contribution in [0.3, 0.4) is 0 Å². The summed E-state index contributed by atoms with van der Waals surface area (Å²) in [6.45, 7) is 4.00. The van der Waals surface area contributed by atoms with Crippen LogP contribution in [0.15, 0.2) is 12.3 Å². The first-order chi connectivity index (χ1) is 6.90. The van der Waals surface area contributed by atoms with E-state index in [1.165, 1.54) is 0 Å². The van der Waals surface area contributed by atoms with E-state index in [0.29, 0.717) is 19.8 Å². The second-order valence-corrected chi connectivity index (χ2v) is 3.36. The lowest BCUT2D eigenvalue weighted by atomic mass is 10.0. The van der Waals surface area contributed by atoms with Crippen molar-refractivity contribution in [2.45, 2.75) is 25.9 Å². The van der Waals surface area contributed by atoms with E-state index in [4.69, 9.17) is 18.9 Å². The van der Waals surface area contributed by atoms with Crippen LogP contribution in [-0.4, -0.2) is 32.4 Å². The minimum atomic E-state index is -0.150. The van der Waals surface area contributed by atoms with Gasteiger partial charge < -0.3 is 18.9 Å². The van der Waals surface area contributed by atoms with E-state index in [-0.39, 0.29) is 18.5 Å². The molecule has 2 heterocycles. The molecule has 0 N–H and O–H groups in total. The molecule has 0 aromatic rings. The van der Waals surface area contributed by atoms with Gasteiger partial charge in [-0.25, -0.2) is 0 Å². The second-order valence-electron chi connectivity index (χ2n) is 3.36. The number of ether oxygens (including phenoxy) is 4. The molecule has 0 amide bonds. The van der Waals surface area contributed by atoms with Crippen LogP contribution in [-0.2, 0) is 18.9 Å². The van der Waals surface area contributed by atoms with Crippen molar-refractivity contribution in [3.05, 3.63) is 12.3 Å². The van der Waals surface area contributed by atoms with E-state index >= 15 is 0 Å². The molecule has 4 nitrogen and oxygen atoms in total. The molecule has 80 valence electrons. The van der Waals surface area contributed by atoms with Gasteiger partial charge in [-0.3, -0.25) is 0 Å². The fraction of sp³-hybridized carbons (Fsp3) is 0.800. The lowest BCUT2D eigenvalue weighted by Gasteiger charge is -2.27. The predicted molar refractivity (Wildman–Crippen MR) is 49.4 cm³/mol. The Morgan fingerprint density at radius 2 is 2.14 bits per heavy atom. The van der Waals surface area contributed by atoms with Crippen LogP contribution >= 0.6 is 0 Å². The maximum absolute atomic E-state index is 5.43. The predicted octanol–water partition coefficient (Wildman–Crippen LogP) is 1.27. The largest absolute Gasteiger partial charge is 0.473 e. The highest BCUT2D eigenvalue weighted by Crippen LogP contribution is 2.25. The molecule has 2 aliphatic rings. The monoisotopic (exact) mass is 200 g/mol. The molecule has 0 radical (unpaired) electrons. The number of hydrogen-bond acceptors (Lipinski definition) is 4. The van der Waals surface area contributed by atoms with Crippen molar-refractivity contribution >= 4 is 0 Å². The quantitative estimate of drug-likeness (QED) is 0.687. The molecule has 1 fully saturated rings. The molecule has 14 heavy (non-hydrogen) atoms. The van der Waals surface area contributed by atoms with Crippen molar-refractivity contribution < 1.29 is 18.9 Å². The van der Waals surface area contributed by atoms with Gasteiger partial charge in [0.25, 0.3) is 0 Å². The molecule has 1 saturated heterocycles. The summed E-state index contributed by atoms with van der Waals surface area (Å²) in [6.07, 6.45) is 4.20. The van der Waals surface area contributed by atoms with Crippen LogP contribution in [0.2, 0.25) is 0 Å². The molecule has 0 aromatic heterocycles. The van der Waals surface area contributed by atoms with Gasteiger partial charge >= 0.3 is 0 Å². The van der Waals surface area contributed by atoms with Crippen molar-refractivity contribution in [3.63, 3.8) is 0 Å². The molecular weight excluding hydrogens is 184 g/mol. The first-order valence-electron chi connectivity index (χ1n) is 5.07. The molecule has 2 rings (SSSR count). The van der Waals surface area contributed by atoms with Gasteiger partial charge in [-0.1, -0.05) is 0 Å². The third-order valence-electron chi connectivity index (χ3n) is 2.37. The average molecular weight is 200 g/mol. The second kappa shape index (κ2) is 4.77. The summed E-state index contributed by atoms with van der Waals surface area (Å²) in [4.78, 5) is 0. The molecule has 0 saturated carbocycles. The Morgan fingerprint density at radius 1 is 1.36 bits per heavy atom. The summed E-state index contributed by atoms with van der Waals surface area (Å²) in [5.74, 6) is 0.253. The SMILES string of the molecule is CCOC1CC(C2OCCO2)C=CO1. The molecule has 4 heteroatoms. The third kappa shape index (κ3) is 2.26. The number of rotatable bonds is 3. The van der Waals surface area contributed by atoms with Gasteiger partial charge in [0.15, 0.2) is 12.6 Å². The summed E-state index contributed by atoms with van der Waals surface area (Å²) in [7, 11) is 0. The van der Waals surface area contributed by atoms with Gasteiger partial charge in [-0.15, -0.1) is 0 Å². The molecule has 2 atom stereocenters. The van der Waals surface area contributed by atoms with Crippen LogP contribution in [0.4, 0.5) is 0 Å². The van der Waals surface area contributed by atoms with E-state index in [2.05, 4.69) is 0 Å². The van der Waals surface area contributed by atoms with Gasteiger partial charge in [-0.05, 0) is 13.0 Å². The molecule has 2 aliphatic heterocycles. The van der Waals surface area contributed by atoms with Crippen molar-refractivity contribution in [2.24, 2.45) is 5.92 Å². The number of hydrogen-bond donors (Lipinski definition) is 0. The van der Waals surface area contributed by atoms with Gasteiger partial charge in [0.05, 0.1) is 19.5 Å². The Kier molecular flexibility index (Phi) is 3.39. The van der Waals surface area contributed by atoms with Crippen molar-refractivity contribution in [1.29, 1.82) is 0 Å². The molecule has 2 unspecified atom stereocenters. The van der Waals surface area contributed by atoms with Crippen LogP contribution in [0.5, 0.6) is 0 Å². The topological polar surface area (TPSA) is 36.9 Å². The maximum Gasteiger partial charge on any atom is 0.199 e. The lowest BCUT2D eigenvalue weighted by Crippen LogP contribution is -2.29. The van der Waals surface area contributed by atoms with Crippen LogP contribution < -0.4 is 0 Å². The van der Waals surface area contributed by atoms with Gasteiger partial charge in [0.1, 0.15) is 0 Å². The minimum Gasteiger partial charge on any atom is -0.473 e. The first kappa shape index (κ1) is 9.96. The molecule has 0 spiro atoms. The standard InChI is InChI=1S/C10H16O4/c1-2-11-9-7-8(3-4-12-9)10-13-5-6-14-10/h3-4,8-10H,2,5-7H2,1H3. The van der Waals surface area contributed by atoms with Crippen LogP contribution in [0.25, 0.3) is 0 Å². The van der Waals surface area contributed by atoms with Crippen molar-refractivity contribution in [2.75, 3.05) is 19.8 Å². The summed E-state index contributed by atoms with van der Waals surface area (Å²) < 4.78 is 21.6. The van der Waals surface area contributed by atoms with E-state index < -0.39 is 0 Å². The van der Waals surface area contributed by atoms with E-state index in [1.807, 2.05) is 13.0 Å². The minimum absolute atomic E-state index is 0.113. The Hall–Kier alpha value is -0.580. The van der Waals surface area contributed by atoms with Crippen molar-refractivity contribution in [3.8, 4) is 0 Å². The van der Waals surface area contributed by atoms with Gasteiger partial charge in [-0.2, -0.15) is 0 Å². The fourth-order valence-corrected chi connectivity index (χ4v) is 1.71. The normalized spacial score (nSPS) is 33.2. The zero-order valence-corrected chi connectivity index (χ0v) is 8.35.